The maximum atomic E-state index is 4.41. The normalized spacial score (nSPS) is 22.1. The summed E-state index contributed by atoms with van der Waals surface area (Å²) in [6.07, 6.45) is 12.3. The minimum absolute atomic E-state index is 0.703. The lowest BCUT2D eigenvalue weighted by Crippen LogP contribution is -2.12. The first kappa shape index (κ1) is 9.25. The predicted octanol–water partition coefficient (Wildman–Crippen LogP) is 2.82. The number of hydrogen-bond acceptors (Lipinski definition) is 2. The molecule has 2 aliphatic carbocycles. The number of rotatable bonds is 4. The van der Waals surface area contributed by atoms with Crippen LogP contribution in [0.15, 0.2) is 12.4 Å². The van der Waals surface area contributed by atoms with Gasteiger partial charge in [-0.15, -0.1) is 0 Å². The fourth-order valence-corrected chi connectivity index (χ4v) is 2.48. The van der Waals surface area contributed by atoms with Crippen LogP contribution in [0.3, 0.4) is 0 Å². The van der Waals surface area contributed by atoms with Crippen molar-refractivity contribution in [2.75, 3.05) is 11.9 Å². The SMILES string of the molecule is c1cn(C2CCCC2)c(NCC2CC2)n1. The average Bonchev–Trinajstić information content (AvgIpc) is 2.79. The molecule has 2 aliphatic rings. The van der Waals surface area contributed by atoms with Gasteiger partial charge in [-0.05, 0) is 31.6 Å². The fourth-order valence-electron chi connectivity index (χ4n) is 2.48. The molecule has 2 saturated carbocycles. The highest BCUT2D eigenvalue weighted by atomic mass is 15.2. The summed E-state index contributed by atoms with van der Waals surface area (Å²) in [5.74, 6) is 2.01. The summed E-state index contributed by atoms with van der Waals surface area (Å²) >= 11 is 0. The van der Waals surface area contributed by atoms with Crippen molar-refractivity contribution in [3.05, 3.63) is 12.4 Å². The monoisotopic (exact) mass is 205 g/mol. The zero-order valence-electron chi connectivity index (χ0n) is 9.15. The number of nitrogens with one attached hydrogen (secondary N) is 1. The Morgan fingerprint density at radius 1 is 1.27 bits per heavy atom. The Labute approximate surface area is 90.9 Å². The van der Waals surface area contributed by atoms with Crippen molar-refractivity contribution < 1.29 is 0 Å². The molecule has 0 unspecified atom stereocenters. The molecule has 0 amide bonds. The summed E-state index contributed by atoms with van der Waals surface area (Å²) in [4.78, 5) is 4.41. The van der Waals surface area contributed by atoms with E-state index in [0.717, 1.165) is 18.4 Å². The van der Waals surface area contributed by atoms with Crippen LogP contribution in [0.1, 0.15) is 44.6 Å². The second-order valence-corrected chi connectivity index (χ2v) is 4.92. The third-order valence-electron chi connectivity index (χ3n) is 3.63. The van der Waals surface area contributed by atoms with Gasteiger partial charge in [0.1, 0.15) is 0 Å². The van der Waals surface area contributed by atoms with Crippen LogP contribution >= 0.6 is 0 Å². The largest absolute Gasteiger partial charge is 0.355 e. The van der Waals surface area contributed by atoms with Crippen LogP contribution in [0.25, 0.3) is 0 Å². The van der Waals surface area contributed by atoms with Crippen molar-refractivity contribution in [2.45, 2.75) is 44.6 Å². The highest BCUT2D eigenvalue weighted by Crippen LogP contribution is 2.32. The summed E-state index contributed by atoms with van der Waals surface area (Å²) in [6.45, 7) is 1.11. The van der Waals surface area contributed by atoms with Crippen molar-refractivity contribution >= 4 is 5.95 Å². The molecule has 1 heterocycles. The highest BCUT2D eigenvalue weighted by Gasteiger charge is 2.23. The van der Waals surface area contributed by atoms with Gasteiger partial charge in [0.25, 0.3) is 0 Å². The Morgan fingerprint density at radius 3 is 2.80 bits per heavy atom. The first-order valence-electron chi connectivity index (χ1n) is 6.20. The van der Waals surface area contributed by atoms with Gasteiger partial charge in [-0.3, -0.25) is 0 Å². The molecule has 1 N–H and O–H groups in total. The van der Waals surface area contributed by atoms with E-state index < -0.39 is 0 Å². The molecule has 3 heteroatoms. The lowest BCUT2D eigenvalue weighted by Gasteiger charge is -2.15. The Kier molecular flexibility index (Phi) is 2.39. The third-order valence-corrected chi connectivity index (χ3v) is 3.63. The van der Waals surface area contributed by atoms with E-state index in [0.29, 0.717) is 6.04 Å². The van der Waals surface area contributed by atoms with E-state index in [9.17, 15) is 0 Å². The molecular weight excluding hydrogens is 186 g/mol. The van der Waals surface area contributed by atoms with Gasteiger partial charge in [-0.1, -0.05) is 12.8 Å². The van der Waals surface area contributed by atoms with Crippen LogP contribution in [0.2, 0.25) is 0 Å². The second-order valence-electron chi connectivity index (χ2n) is 4.92. The zero-order chi connectivity index (χ0) is 10.1. The van der Waals surface area contributed by atoms with Gasteiger partial charge in [0.2, 0.25) is 5.95 Å². The standard InChI is InChI=1S/C12H19N3/c1-2-4-11(3-1)15-8-7-13-12(15)14-9-10-5-6-10/h7-8,10-11H,1-6,9H2,(H,13,14). The molecule has 0 aromatic carbocycles. The topological polar surface area (TPSA) is 29.9 Å². The molecule has 0 spiro atoms. The molecule has 0 aliphatic heterocycles. The van der Waals surface area contributed by atoms with Crippen LogP contribution in [0.4, 0.5) is 5.95 Å². The molecule has 2 fully saturated rings. The first-order chi connectivity index (χ1) is 7.43. The van der Waals surface area contributed by atoms with Crippen molar-refractivity contribution in [3.63, 3.8) is 0 Å². The summed E-state index contributed by atoms with van der Waals surface area (Å²) in [7, 11) is 0. The number of hydrogen-bond donors (Lipinski definition) is 1. The average molecular weight is 205 g/mol. The lowest BCUT2D eigenvalue weighted by atomic mass is 10.2. The smallest absolute Gasteiger partial charge is 0.203 e. The molecule has 3 nitrogen and oxygen atoms in total. The van der Waals surface area contributed by atoms with Gasteiger partial charge in [0.05, 0.1) is 0 Å². The molecule has 82 valence electrons. The van der Waals surface area contributed by atoms with Crippen LogP contribution in [-0.2, 0) is 0 Å². The van der Waals surface area contributed by atoms with E-state index in [4.69, 9.17) is 0 Å². The minimum atomic E-state index is 0.703. The molecule has 0 bridgehead atoms. The number of nitrogens with zero attached hydrogens (tertiary/aromatic N) is 2. The van der Waals surface area contributed by atoms with Crippen LogP contribution in [-0.4, -0.2) is 16.1 Å². The van der Waals surface area contributed by atoms with E-state index in [2.05, 4.69) is 21.1 Å². The maximum absolute atomic E-state index is 4.41. The van der Waals surface area contributed by atoms with Gasteiger partial charge in [0, 0.05) is 25.0 Å². The van der Waals surface area contributed by atoms with Crippen LogP contribution in [0, 0.1) is 5.92 Å². The first-order valence-corrected chi connectivity index (χ1v) is 6.20. The summed E-state index contributed by atoms with van der Waals surface area (Å²) in [5, 5.41) is 3.48. The predicted molar refractivity (Wildman–Crippen MR) is 60.9 cm³/mol. The molecule has 15 heavy (non-hydrogen) atoms. The van der Waals surface area contributed by atoms with E-state index in [-0.39, 0.29) is 0 Å². The van der Waals surface area contributed by atoms with E-state index in [1.54, 1.807) is 0 Å². The third kappa shape index (κ3) is 2.01. The van der Waals surface area contributed by atoms with Crippen molar-refractivity contribution in [1.82, 2.24) is 9.55 Å². The summed E-state index contributed by atoms with van der Waals surface area (Å²) < 4.78 is 2.34. The summed E-state index contributed by atoms with van der Waals surface area (Å²) in [5.41, 5.74) is 0. The Balaban J connectivity index is 1.67. The van der Waals surface area contributed by atoms with Crippen molar-refractivity contribution in [1.29, 1.82) is 0 Å². The fraction of sp³-hybridized carbons (Fsp3) is 0.750. The van der Waals surface area contributed by atoms with E-state index >= 15 is 0 Å². The van der Waals surface area contributed by atoms with Crippen molar-refractivity contribution in [2.24, 2.45) is 5.92 Å². The molecule has 0 atom stereocenters. The molecule has 0 radical (unpaired) electrons. The zero-order valence-corrected chi connectivity index (χ0v) is 9.15. The molecule has 0 saturated heterocycles. The van der Waals surface area contributed by atoms with Gasteiger partial charge >= 0.3 is 0 Å². The summed E-state index contributed by atoms with van der Waals surface area (Å²) in [6, 6.07) is 0.703. The number of anilines is 1. The number of aromatic nitrogens is 2. The lowest BCUT2D eigenvalue weighted by molar-refractivity contribution is 0.522. The van der Waals surface area contributed by atoms with Crippen molar-refractivity contribution in [3.8, 4) is 0 Å². The van der Waals surface area contributed by atoms with Gasteiger partial charge in [-0.25, -0.2) is 4.98 Å². The number of imidazole rings is 1. The van der Waals surface area contributed by atoms with E-state index in [1.165, 1.54) is 38.5 Å². The second kappa shape index (κ2) is 3.87. The van der Waals surface area contributed by atoms with Crippen LogP contribution < -0.4 is 5.32 Å². The van der Waals surface area contributed by atoms with Gasteiger partial charge in [0.15, 0.2) is 0 Å². The van der Waals surface area contributed by atoms with Crippen LogP contribution in [0.5, 0.6) is 0 Å². The quantitative estimate of drug-likeness (QED) is 0.819. The molecular formula is C12H19N3. The molecule has 3 rings (SSSR count). The minimum Gasteiger partial charge on any atom is -0.355 e. The molecule has 1 aromatic heterocycles. The molecule has 1 aromatic rings. The highest BCUT2D eigenvalue weighted by molar-refractivity contribution is 5.27. The van der Waals surface area contributed by atoms with E-state index in [1.807, 2.05) is 6.20 Å². The maximum Gasteiger partial charge on any atom is 0.203 e. The van der Waals surface area contributed by atoms with Gasteiger partial charge < -0.3 is 9.88 Å². The van der Waals surface area contributed by atoms with Gasteiger partial charge in [-0.2, -0.15) is 0 Å². The Bertz CT molecular complexity index is 321. The Hall–Kier alpha value is -0.990. The Morgan fingerprint density at radius 2 is 2.07 bits per heavy atom.